The fourth-order valence-electron chi connectivity index (χ4n) is 2.10. The van der Waals surface area contributed by atoms with E-state index >= 15 is 0 Å². The van der Waals surface area contributed by atoms with E-state index < -0.39 is 0 Å². The van der Waals surface area contributed by atoms with E-state index in [9.17, 15) is 5.26 Å². The van der Waals surface area contributed by atoms with Gasteiger partial charge in [0.05, 0.1) is 33.7 Å². The van der Waals surface area contributed by atoms with Gasteiger partial charge in [0.25, 0.3) is 0 Å². The van der Waals surface area contributed by atoms with E-state index in [-0.39, 0.29) is 0 Å². The highest BCUT2D eigenvalue weighted by Gasteiger charge is 2.14. The predicted molar refractivity (Wildman–Crippen MR) is 78.2 cm³/mol. The maximum atomic E-state index is 9.30. The number of halogens is 1. The number of nitriles is 1. The summed E-state index contributed by atoms with van der Waals surface area (Å²) in [4.78, 5) is 0. The average molecular weight is 328 g/mol. The Balaban J connectivity index is 2.24. The van der Waals surface area contributed by atoms with Gasteiger partial charge in [-0.1, -0.05) is 0 Å². The highest BCUT2D eigenvalue weighted by molar-refractivity contribution is 9.10. The summed E-state index contributed by atoms with van der Waals surface area (Å²) in [7, 11) is 1.85. The van der Waals surface area contributed by atoms with Crippen LogP contribution in [0.3, 0.4) is 0 Å². The second-order valence-corrected chi connectivity index (χ2v) is 5.11. The molecule has 0 atom stereocenters. The second-order valence-electron chi connectivity index (χ2n) is 4.26. The third kappa shape index (κ3) is 2.02. The van der Waals surface area contributed by atoms with Gasteiger partial charge in [-0.3, -0.25) is 4.68 Å². The zero-order chi connectivity index (χ0) is 14.1. The molecule has 0 aliphatic rings. The molecule has 0 fully saturated rings. The van der Waals surface area contributed by atoms with Gasteiger partial charge in [0, 0.05) is 25.0 Å². The van der Waals surface area contributed by atoms with E-state index in [1.165, 1.54) is 0 Å². The van der Waals surface area contributed by atoms with Gasteiger partial charge in [0.2, 0.25) is 0 Å². The molecule has 6 heteroatoms. The number of rotatable bonds is 2. The first-order valence-corrected chi connectivity index (χ1v) is 6.72. The van der Waals surface area contributed by atoms with E-state index in [4.69, 9.17) is 0 Å². The molecule has 0 aliphatic carbocycles. The Morgan fingerprint density at radius 2 is 2.15 bits per heavy atom. The molecule has 2 heterocycles. The highest BCUT2D eigenvalue weighted by atomic mass is 79.9. The minimum Gasteiger partial charge on any atom is -0.267 e. The number of nitrogens with zero attached hydrogens (tertiary/aromatic N) is 5. The first-order chi connectivity index (χ1) is 9.70. The van der Waals surface area contributed by atoms with Crippen molar-refractivity contribution < 1.29 is 0 Å². The number of benzene rings is 1. The molecule has 0 bridgehead atoms. The van der Waals surface area contributed by atoms with E-state index in [0.717, 1.165) is 21.4 Å². The van der Waals surface area contributed by atoms with Crippen molar-refractivity contribution in [3.63, 3.8) is 0 Å². The third-order valence-electron chi connectivity index (χ3n) is 3.04. The number of hydrogen-bond acceptors (Lipinski definition) is 3. The van der Waals surface area contributed by atoms with Crippen molar-refractivity contribution in [1.29, 1.82) is 5.26 Å². The van der Waals surface area contributed by atoms with Crippen molar-refractivity contribution in [2.24, 2.45) is 7.05 Å². The third-order valence-corrected chi connectivity index (χ3v) is 3.62. The van der Waals surface area contributed by atoms with Crippen LogP contribution >= 0.6 is 15.9 Å². The smallest absolute Gasteiger partial charge is 0.0998 e. The predicted octanol–water partition coefficient (Wildman–Crippen LogP) is 2.91. The van der Waals surface area contributed by atoms with Crippen molar-refractivity contribution in [3.8, 4) is 23.0 Å². The first kappa shape index (κ1) is 12.6. The Hall–Kier alpha value is -2.39. The molecule has 0 saturated heterocycles. The topological polar surface area (TPSA) is 59.4 Å². The van der Waals surface area contributed by atoms with Crippen LogP contribution in [-0.4, -0.2) is 19.6 Å². The largest absolute Gasteiger partial charge is 0.267 e. The highest BCUT2D eigenvalue weighted by Crippen LogP contribution is 2.31. The molecule has 0 saturated carbocycles. The van der Waals surface area contributed by atoms with Crippen LogP contribution in [0.4, 0.5) is 0 Å². The molecule has 0 amide bonds. The minimum absolute atomic E-state index is 0.602. The molecule has 3 rings (SSSR count). The molecule has 0 N–H and O–H groups in total. The Morgan fingerprint density at radius 3 is 2.75 bits per heavy atom. The molecule has 0 aliphatic heterocycles. The quantitative estimate of drug-likeness (QED) is 0.727. The van der Waals surface area contributed by atoms with Gasteiger partial charge in [-0.2, -0.15) is 15.5 Å². The fourth-order valence-corrected chi connectivity index (χ4v) is 2.67. The normalized spacial score (nSPS) is 10.4. The van der Waals surface area contributed by atoms with Gasteiger partial charge in [-0.25, -0.2) is 4.68 Å². The lowest BCUT2D eigenvalue weighted by Crippen LogP contribution is -1.99. The summed E-state index contributed by atoms with van der Waals surface area (Å²) < 4.78 is 4.36. The summed E-state index contributed by atoms with van der Waals surface area (Å²) in [6, 6.07) is 9.69. The molecule has 1 aromatic carbocycles. The zero-order valence-corrected chi connectivity index (χ0v) is 12.2. The molecular weight excluding hydrogens is 318 g/mol. The maximum Gasteiger partial charge on any atom is 0.0998 e. The Bertz CT molecular complexity index is 776. The average Bonchev–Trinajstić information content (AvgIpc) is 3.09. The van der Waals surface area contributed by atoms with E-state index in [1.807, 2.05) is 31.4 Å². The lowest BCUT2D eigenvalue weighted by Gasteiger charge is -2.09. The van der Waals surface area contributed by atoms with Crippen LogP contribution in [0.15, 0.2) is 47.3 Å². The summed E-state index contributed by atoms with van der Waals surface area (Å²) in [5.74, 6) is 0. The lowest BCUT2D eigenvalue weighted by molar-refractivity contribution is 0.775. The Kier molecular flexibility index (Phi) is 3.12. The number of aromatic nitrogens is 4. The van der Waals surface area contributed by atoms with Crippen LogP contribution < -0.4 is 0 Å². The van der Waals surface area contributed by atoms with Crippen LogP contribution in [0.2, 0.25) is 0 Å². The second kappa shape index (κ2) is 4.94. The van der Waals surface area contributed by atoms with Crippen LogP contribution in [-0.2, 0) is 7.05 Å². The van der Waals surface area contributed by atoms with Gasteiger partial charge in [-0.15, -0.1) is 0 Å². The summed E-state index contributed by atoms with van der Waals surface area (Å²) >= 11 is 3.48. The molecular formula is C14H10BrN5. The van der Waals surface area contributed by atoms with Gasteiger partial charge >= 0.3 is 0 Å². The van der Waals surface area contributed by atoms with Gasteiger partial charge in [-0.05, 0) is 40.2 Å². The van der Waals surface area contributed by atoms with Crippen molar-refractivity contribution in [2.75, 3.05) is 0 Å². The molecule has 5 nitrogen and oxygen atoms in total. The SMILES string of the molecule is Cn1ncc(Br)c1-c1cc(-n2cccn2)ccc1C#N. The molecule has 2 aromatic heterocycles. The van der Waals surface area contributed by atoms with Gasteiger partial charge in [0.15, 0.2) is 0 Å². The van der Waals surface area contributed by atoms with E-state index in [1.54, 1.807) is 27.8 Å². The minimum atomic E-state index is 0.602. The van der Waals surface area contributed by atoms with Crippen molar-refractivity contribution in [1.82, 2.24) is 19.6 Å². The van der Waals surface area contributed by atoms with Crippen molar-refractivity contribution in [2.45, 2.75) is 0 Å². The van der Waals surface area contributed by atoms with E-state index in [2.05, 4.69) is 32.2 Å². The monoisotopic (exact) mass is 327 g/mol. The summed E-state index contributed by atoms with van der Waals surface area (Å²) in [6.07, 6.45) is 5.30. The molecule has 20 heavy (non-hydrogen) atoms. The lowest BCUT2D eigenvalue weighted by atomic mass is 10.0. The maximum absolute atomic E-state index is 9.30. The number of hydrogen-bond donors (Lipinski definition) is 0. The van der Waals surface area contributed by atoms with E-state index in [0.29, 0.717) is 5.56 Å². The summed E-state index contributed by atoms with van der Waals surface area (Å²) in [5.41, 5.74) is 3.20. The molecule has 0 spiro atoms. The van der Waals surface area contributed by atoms with Crippen LogP contribution in [0, 0.1) is 11.3 Å². The van der Waals surface area contributed by atoms with Crippen molar-refractivity contribution in [3.05, 3.63) is 52.9 Å². The van der Waals surface area contributed by atoms with Gasteiger partial charge < -0.3 is 0 Å². The summed E-state index contributed by atoms with van der Waals surface area (Å²) in [6.45, 7) is 0. The molecule has 0 unspecified atom stereocenters. The Morgan fingerprint density at radius 1 is 1.30 bits per heavy atom. The van der Waals surface area contributed by atoms with Crippen LogP contribution in [0.5, 0.6) is 0 Å². The first-order valence-electron chi connectivity index (χ1n) is 5.92. The van der Waals surface area contributed by atoms with Crippen molar-refractivity contribution >= 4 is 15.9 Å². The Labute approximate surface area is 124 Å². The molecule has 0 radical (unpaired) electrons. The standard InChI is InChI=1S/C14H10BrN5/c1-19-14(13(15)9-18-19)12-7-11(4-3-10(12)8-16)20-6-2-5-17-20/h2-7,9H,1H3. The number of aryl methyl sites for hydroxylation is 1. The van der Waals surface area contributed by atoms with Crippen LogP contribution in [0.1, 0.15) is 5.56 Å². The molecule has 3 aromatic rings. The zero-order valence-electron chi connectivity index (χ0n) is 10.7. The molecule has 98 valence electrons. The fraction of sp³-hybridized carbons (Fsp3) is 0.0714. The summed E-state index contributed by atoms with van der Waals surface area (Å²) in [5, 5.41) is 17.7. The van der Waals surface area contributed by atoms with Crippen LogP contribution in [0.25, 0.3) is 16.9 Å². The van der Waals surface area contributed by atoms with Gasteiger partial charge in [0.1, 0.15) is 0 Å².